The van der Waals surface area contributed by atoms with Crippen molar-refractivity contribution in [1.82, 2.24) is 10.2 Å². The van der Waals surface area contributed by atoms with Crippen LogP contribution in [0.15, 0.2) is 54.6 Å². The van der Waals surface area contributed by atoms with Crippen LogP contribution in [0.25, 0.3) is 0 Å². The molecule has 2 heterocycles. The number of nitrogens with one attached hydrogen (secondary N) is 1. The van der Waals surface area contributed by atoms with E-state index in [1.807, 2.05) is 18.2 Å². The fraction of sp³-hybridized carbons (Fsp3) is 0.318. The van der Waals surface area contributed by atoms with Crippen LogP contribution in [0.2, 0.25) is 0 Å². The molecule has 2 aliphatic heterocycles. The molecule has 2 N–H and O–H groups in total. The molecule has 156 valence electrons. The van der Waals surface area contributed by atoms with Gasteiger partial charge in [-0.05, 0) is 45.0 Å². The van der Waals surface area contributed by atoms with Crippen molar-refractivity contribution < 1.29 is 24.2 Å². The van der Waals surface area contributed by atoms with E-state index in [1.165, 1.54) is 16.7 Å². The van der Waals surface area contributed by atoms with Gasteiger partial charge in [0.1, 0.15) is 28.5 Å². The summed E-state index contributed by atoms with van der Waals surface area (Å²) in [4.78, 5) is 39.1. The van der Waals surface area contributed by atoms with Crippen molar-refractivity contribution in [2.24, 2.45) is 0 Å². The number of hydrogen-bond acceptors (Lipinski definition) is 5. The van der Waals surface area contributed by atoms with Crippen LogP contribution in [0.3, 0.4) is 0 Å². The highest BCUT2D eigenvalue weighted by molar-refractivity contribution is 8.01. The molecule has 2 amide bonds. The van der Waals surface area contributed by atoms with Crippen LogP contribution in [-0.2, 0) is 9.59 Å². The number of rotatable bonds is 5. The largest absolute Gasteiger partial charge is 0.480 e. The Kier molecular flexibility index (Phi) is 4.77. The Morgan fingerprint density at radius 2 is 1.70 bits per heavy atom. The van der Waals surface area contributed by atoms with Crippen LogP contribution in [0.1, 0.15) is 31.1 Å². The van der Waals surface area contributed by atoms with Gasteiger partial charge < -0.3 is 20.1 Å². The number of carbonyl (C=O) groups excluding carboxylic acids is 2. The minimum Gasteiger partial charge on any atom is -0.480 e. The van der Waals surface area contributed by atoms with Crippen molar-refractivity contribution in [1.29, 1.82) is 0 Å². The Morgan fingerprint density at radius 3 is 2.37 bits per heavy atom. The van der Waals surface area contributed by atoms with Gasteiger partial charge in [0.15, 0.2) is 0 Å². The van der Waals surface area contributed by atoms with Gasteiger partial charge in [-0.25, -0.2) is 4.79 Å². The number of para-hydroxylation sites is 2. The monoisotopic (exact) mass is 426 g/mol. The molecule has 4 rings (SSSR count). The van der Waals surface area contributed by atoms with Gasteiger partial charge in [0.25, 0.3) is 11.8 Å². The molecule has 8 heteroatoms. The molecule has 7 nitrogen and oxygen atoms in total. The molecule has 0 aromatic heterocycles. The fourth-order valence-electron chi connectivity index (χ4n) is 4.00. The minimum absolute atomic E-state index is 0.297. The molecule has 0 spiro atoms. The summed E-state index contributed by atoms with van der Waals surface area (Å²) in [5, 5.41) is 12.0. The van der Waals surface area contributed by atoms with E-state index in [-0.39, 0.29) is 0 Å². The first kappa shape index (κ1) is 20.3. The Labute approximate surface area is 178 Å². The molecule has 0 bridgehead atoms. The second kappa shape index (κ2) is 7.05. The number of thioether (sulfide) groups is 1. The number of benzene rings is 2. The van der Waals surface area contributed by atoms with E-state index in [1.54, 1.807) is 57.2 Å². The maximum Gasteiger partial charge on any atom is 0.327 e. The lowest BCUT2D eigenvalue weighted by molar-refractivity contribution is -0.165. The highest BCUT2D eigenvalue weighted by Gasteiger charge is 2.70. The molecule has 0 saturated carbocycles. The molecular weight excluding hydrogens is 404 g/mol. The number of carbonyl (C=O) groups is 3. The van der Waals surface area contributed by atoms with Crippen molar-refractivity contribution in [2.75, 3.05) is 0 Å². The molecule has 2 saturated heterocycles. The van der Waals surface area contributed by atoms with E-state index < -0.39 is 39.5 Å². The Balaban J connectivity index is 1.57. The van der Waals surface area contributed by atoms with Crippen LogP contribution in [0.5, 0.6) is 11.5 Å². The molecule has 2 fully saturated rings. The second-order valence-electron chi connectivity index (χ2n) is 8.09. The average molecular weight is 426 g/mol. The molecule has 2 aromatic rings. The lowest BCUT2D eigenvalue weighted by Gasteiger charge is -2.51. The topological polar surface area (TPSA) is 95.9 Å². The first-order chi connectivity index (χ1) is 14.1. The summed E-state index contributed by atoms with van der Waals surface area (Å²) < 4.78 is 5.19. The van der Waals surface area contributed by atoms with Crippen LogP contribution in [0.4, 0.5) is 0 Å². The van der Waals surface area contributed by atoms with Crippen molar-refractivity contribution in [3.8, 4) is 11.5 Å². The van der Waals surface area contributed by atoms with Gasteiger partial charge in [-0.15, -0.1) is 11.8 Å². The number of fused-ring (bicyclic) bond motifs is 1. The Hall–Kier alpha value is -3.00. The van der Waals surface area contributed by atoms with E-state index in [2.05, 4.69) is 5.32 Å². The van der Waals surface area contributed by atoms with E-state index in [0.717, 1.165) is 0 Å². The summed E-state index contributed by atoms with van der Waals surface area (Å²) in [6.45, 7) is 5.24. The molecule has 3 atom stereocenters. The number of carboxylic acid groups (broad SMARTS) is 1. The van der Waals surface area contributed by atoms with E-state index >= 15 is 0 Å². The third-order valence-electron chi connectivity index (χ3n) is 5.49. The Bertz CT molecular complexity index is 1030. The van der Waals surface area contributed by atoms with Crippen molar-refractivity contribution in [2.45, 2.75) is 42.5 Å². The Morgan fingerprint density at radius 1 is 1.07 bits per heavy atom. The third kappa shape index (κ3) is 3.11. The molecule has 0 radical (unpaired) electrons. The summed E-state index contributed by atoms with van der Waals surface area (Å²) in [6, 6.07) is 15.0. The van der Waals surface area contributed by atoms with E-state index in [4.69, 9.17) is 4.74 Å². The lowest BCUT2D eigenvalue weighted by Crippen LogP contribution is -2.78. The molecule has 2 aliphatic rings. The number of hydrogen-bond donors (Lipinski definition) is 2. The van der Waals surface area contributed by atoms with Crippen LogP contribution in [0, 0.1) is 0 Å². The zero-order chi connectivity index (χ0) is 21.7. The summed E-state index contributed by atoms with van der Waals surface area (Å²) in [5.74, 6) is -0.927. The van der Waals surface area contributed by atoms with Gasteiger partial charge >= 0.3 is 5.97 Å². The van der Waals surface area contributed by atoms with Gasteiger partial charge in [-0.1, -0.05) is 30.3 Å². The number of nitrogens with zero attached hydrogens (tertiary/aromatic N) is 1. The van der Waals surface area contributed by atoms with Crippen molar-refractivity contribution >= 4 is 29.5 Å². The maximum atomic E-state index is 13.1. The standard InChI is InChI=1S/C22H22N2O5S/c1-21(2)16(18(26)27)24-19(28)22(3,20(24)30-21)23-17(25)14-11-7-8-12-15(14)29-13-9-5-4-6-10-13/h4-12,16,20H,1-3H3,(H,23,25)(H,26,27)/t16-,20+,22-/m0/s1. The quantitative estimate of drug-likeness (QED) is 0.714. The third-order valence-corrected chi connectivity index (χ3v) is 7.24. The molecule has 0 unspecified atom stereocenters. The van der Waals surface area contributed by atoms with Crippen molar-refractivity contribution in [3.63, 3.8) is 0 Å². The molecule has 30 heavy (non-hydrogen) atoms. The minimum atomic E-state index is -1.19. The van der Waals surface area contributed by atoms with E-state index in [0.29, 0.717) is 17.1 Å². The summed E-state index contributed by atoms with van der Waals surface area (Å²) in [7, 11) is 0. The zero-order valence-electron chi connectivity index (χ0n) is 16.8. The van der Waals surface area contributed by atoms with Gasteiger partial charge in [-0.3, -0.25) is 9.59 Å². The number of amides is 2. The SMILES string of the molecule is CC1(C)S[C@H]2N(C(=O)[C@]2(C)NC(=O)c2ccccc2Oc2ccccc2)[C@H]1C(=O)O. The smallest absolute Gasteiger partial charge is 0.327 e. The fourth-order valence-corrected chi connectivity index (χ4v) is 5.65. The summed E-state index contributed by atoms with van der Waals surface area (Å²) in [6.07, 6.45) is 0. The predicted octanol–water partition coefficient (Wildman–Crippen LogP) is 3.11. The lowest BCUT2D eigenvalue weighted by atomic mass is 9.86. The average Bonchev–Trinajstić information content (AvgIpc) is 2.98. The number of aliphatic carboxylic acids is 1. The maximum absolute atomic E-state index is 13.1. The van der Waals surface area contributed by atoms with Gasteiger partial charge in [0.05, 0.1) is 5.56 Å². The molecule has 2 aromatic carbocycles. The van der Waals surface area contributed by atoms with Crippen LogP contribution < -0.4 is 10.1 Å². The van der Waals surface area contributed by atoms with Crippen LogP contribution >= 0.6 is 11.8 Å². The highest BCUT2D eigenvalue weighted by atomic mass is 32.2. The zero-order valence-corrected chi connectivity index (χ0v) is 17.6. The van der Waals surface area contributed by atoms with Gasteiger partial charge in [0.2, 0.25) is 0 Å². The number of carboxylic acids is 1. The van der Waals surface area contributed by atoms with Crippen LogP contribution in [-0.4, -0.2) is 49.5 Å². The first-order valence-electron chi connectivity index (χ1n) is 9.53. The number of ether oxygens (including phenoxy) is 1. The van der Waals surface area contributed by atoms with Gasteiger partial charge in [-0.2, -0.15) is 0 Å². The number of β-lactam (4-membered cyclic amide) rings is 1. The normalized spacial score (nSPS) is 26.5. The second-order valence-corrected chi connectivity index (χ2v) is 9.83. The molecule has 0 aliphatic carbocycles. The predicted molar refractivity (Wildman–Crippen MR) is 113 cm³/mol. The van der Waals surface area contributed by atoms with Gasteiger partial charge in [0, 0.05) is 4.75 Å². The van der Waals surface area contributed by atoms with Crippen molar-refractivity contribution in [3.05, 3.63) is 60.2 Å². The summed E-state index contributed by atoms with van der Waals surface area (Å²) in [5.41, 5.74) is -0.894. The van der Waals surface area contributed by atoms with E-state index in [9.17, 15) is 19.5 Å². The first-order valence-corrected chi connectivity index (χ1v) is 10.4. The highest BCUT2D eigenvalue weighted by Crippen LogP contribution is 2.54. The molecular formula is C22H22N2O5S. The summed E-state index contributed by atoms with van der Waals surface area (Å²) >= 11 is 1.39.